The molecular formula is C15H20F3N. The summed E-state index contributed by atoms with van der Waals surface area (Å²) in [4.78, 5) is 0. The lowest BCUT2D eigenvalue weighted by Gasteiger charge is -2.32. The molecule has 1 aromatic carbocycles. The molecule has 0 unspecified atom stereocenters. The molecule has 0 saturated heterocycles. The quantitative estimate of drug-likeness (QED) is 0.838. The Morgan fingerprint density at radius 3 is 2.00 bits per heavy atom. The van der Waals surface area contributed by atoms with E-state index in [9.17, 15) is 13.2 Å². The normalized spacial score (nSPS) is 23.7. The van der Waals surface area contributed by atoms with Crippen LogP contribution in [0.1, 0.15) is 39.5 Å². The van der Waals surface area contributed by atoms with Crippen molar-refractivity contribution in [3.05, 3.63) is 29.6 Å². The molecule has 0 bridgehead atoms. The Bertz CT molecular complexity index is 414. The Morgan fingerprint density at radius 2 is 1.53 bits per heavy atom. The average molecular weight is 271 g/mol. The average Bonchev–Trinajstić information content (AvgIpc) is 2.34. The third-order valence-corrected chi connectivity index (χ3v) is 4.07. The molecule has 1 aliphatic rings. The van der Waals surface area contributed by atoms with Gasteiger partial charge in [0.1, 0.15) is 11.5 Å². The Labute approximate surface area is 112 Å². The Morgan fingerprint density at radius 1 is 1.00 bits per heavy atom. The van der Waals surface area contributed by atoms with E-state index in [1.165, 1.54) is 0 Å². The largest absolute Gasteiger partial charge is 0.378 e. The van der Waals surface area contributed by atoms with Crippen molar-refractivity contribution in [3.8, 4) is 0 Å². The molecule has 1 aliphatic carbocycles. The van der Waals surface area contributed by atoms with Gasteiger partial charge in [0.15, 0.2) is 11.6 Å². The van der Waals surface area contributed by atoms with E-state index in [4.69, 9.17) is 0 Å². The van der Waals surface area contributed by atoms with Crippen LogP contribution in [0, 0.1) is 29.3 Å². The van der Waals surface area contributed by atoms with E-state index < -0.39 is 17.5 Å². The summed E-state index contributed by atoms with van der Waals surface area (Å²) >= 11 is 0. The van der Waals surface area contributed by atoms with Gasteiger partial charge in [-0.3, -0.25) is 0 Å². The third kappa shape index (κ3) is 3.43. The lowest BCUT2D eigenvalue weighted by molar-refractivity contribution is 0.266. The van der Waals surface area contributed by atoms with Gasteiger partial charge in [-0.2, -0.15) is 0 Å². The van der Waals surface area contributed by atoms with Crippen LogP contribution < -0.4 is 5.32 Å². The summed E-state index contributed by atoms with van der Waals surface area (Å²) in [6.07, 6.45) is 3.94. The number of rotatable bonds is 3. The monoisotopic (exact) mass is 271 g/mol. The van der Waals surface area contributed by atoms with Crippen molar-refractivity contribution in [1.82, 2.24) is 0 Å². The van der Waals surface area contributed by atoms with Crippen LogP contribution in [0.3, 0.4) is 0 Å². The molecule has 19 heavy (non-hydrogen) atoms. The second-order valence-electron chi connectivity index (χ2n) is 5.74. The van der Waals surface area contributed by atoms with Crippen molar-refractivity contribution in [1.29, 1.82) is 0 Å². The van der Waals surface area contributed by atoms with Crippen LogP contribution in [-0.2, 0) is 0 Å². The predicted octanol–water partition coefficient (Wildman–Crippen LogP) is 4.73. The molecule has 0 spiro atoms. The van der Waals surface area contributed by atoms with Gasteiger partial charge in [-0.1, -0.05) is 13.8 Å². The Kier molecular flexibility index (Phi) is 4.38. The van der Waals surface area contributed by atoms with Gasteiger partial charge in [0.25, 0.3) is 0 Å². The summed E-state index contributed by atoms with van der Waals surface area (Å²) < 4.78 is 39.9. The molecule has 0 radical (unpaired) electrons. The Hall–Kier alpha value is -1.19. The maximum Gasteiger partial charge on any atom is 0.152 e. The second kappa shape index (κ2) is 5.85. The number of nitrogens with one attached hydrogen (secondary N) is 1. The zero-order chi connectivity index (χ0) is 14.0. The fraction of sp³-hybridized carbons (Fsp3) is 0.600. The fourth-order valence-corrected chi connectivity index (χ4v) is 2.81. The molecule has 0 atom stereocenters. The van der Waals surface area contributed by atoms with Crippen LogP contribution in [0.15, 0.2) is 12.1 Å². The molecule has 1 N–H and O–H groups in total. The summed E-state index contributed by atoms with van der Waals surface area (Å²) in [6, 6.07) is 1.50. The highest BCUT2D eigenvalue weighted by atomic mass is 19.1. The summed E-state index contributed by atoms with van der Waals surface area (Å²) in [5, 5.41) is 2.89. The first-order valence-electron chi connectivity index (χ1n) is 6.88. The van der Waals surface area contributed by atoms with Gasteiger partial charge in [-0.25, -0.2) is 13.2 Å². The molecule has 0 heterocycles. The lowest BCUT2D eigenvalue weighted by Crippen LogP contribution is -2.28. The van der Waals surface area contributed by atoms with E-state index in [0.717, 1.165) is 25.7 Å². The van der Waals surface area contributed by atoms with Crippen LogP contribution in [0.2, 0.25) is 0 Å². The first kappa shape index (κ1) is 14.2. The van der Waals surface area contributed by atoms with Crippen LogP contribution in [-0.4, -0.2) is 6.04 Å². The molecule has 106 valence electrons. The summed E-state index contributed by atoms with van der Waals surface area (Å²) in [6.45, 7) is 4.41. The highest BCUT2D eigenvalue weighted by Gasteiger charge is 2.24. The lowest BCUT2D eigenvalue weighted by atomic mass is 9.79. The molecular weight excluding hydrogens is 251 g/mol. The first-order chi connectivity index (χ1) is 8.97. The number of hydrogen-bond donors (Lipinski definition) is 1. The predicted molar refractivity (Wildman–Crippen MR) is 70.5 cm³/mol. The maximum absolute atomic E-state index is 13.5. The van der Waals surface area contributed by atoms with Gasteiger partial charge in [0.2, 0.25) is 0 Å². The van der Waals surface area contributed by atoms with Crippen molar-refractivity contribution < 1.29 is 13.2 Å². The topological polar surface area (TPSA) is 12.0 Å². The van der Waals surface area contributed by atoms with Crippen molar-refractivity contribution in [3.63, 3.8) is 0 Å². The van der Waals surface area contributed by atoms with E-state index in [1.807, 2.05) is 0 Å². The van der Waals surface area contributed by atoms with Gasteiger partial charge >= 0.3 is 0 Å². The zero-order valence-corrected chi connectivity index (χ0v) is 11.3. The molecule has 0 amide bonds. The second-order valence-corrected chi connectivity index (χ2v) is 5.74. The maximum atomic E-state index is 13.5. The van der Waals surface area contributed by atoms with Gasteiger partial charge in [-0.15, -0.1) is 0 Å². The van der Waals surface area contributed by atoms with Crippen LogP contribution >= 0.6 is 0 Å². The van der Waals surface area contributed by atoms with Gasteiger partial charge in [-0.05, 0) is 37.5 Å². The van der Waals surface area contributed by atoms with Crippen molar-refractivity contribution >= 4 is 5.69 Å². The zero-order valence-electron chi connectivity index (χ0n) is 11.3. The summed E-state index contributed by atoms with van der Waals surface area (Å²) in [5.41, 5.74) is -0.200. The van der Waals surface area contributed by atoms with Crippen LogP contribution in [0.4, 0.5) is 18.9 Å². The summed E-state index contributed by atoms with van der Waals surface area (Å²) in [7, 11) is 0. The van der Waals surface area contributed by atoms with E-state index in [2.05, 4.69) is 19.2 Å². The highest BCUT2D eigenvalue weighted by Crippen LogP contribution is 2.32. The van der Waals surface area contributed by atoms with E-state index in [1.54, 1.807) is 0 Å². The highest BCUT2D eigenvalue weighted by molar-refractivity contribution is 5.47. The number of halogens is 3. The number of benzene rings is 1. The minimum atomic E-state index is -0.885. The molecule has 4 heteroatoms. The number of hydrogen-bond acceptors (Lipinski definition) is 1. The number of anilines is 1. The summed E-state index contributed by atoms with van der Waals surface area (Å²) in [5.74, 6) is -1.25. The van der Waals surface area contributed by atoms with E-state index in [-0.39, 0.29) is 11.7 Å². The molecule has 1 saturated carbocycles. The molecule has 0 aromatic heterocycles. The van der Waals surface area contributed by atoms with E-state index in [0.29, 0.717) is 24.0 Å². The molecule has 0 aliphatic heterocycles. The minimum Gasteiger partial charge on any atom is -0.378 e. The van der Waals surface area contributed by atoms with Crippen molar-refractivity contribution in [2.24, 2.45) is 11.8 Å². The smallest absolute Gasteiger partial charge is 0.152 e. The third-order valence-electron chi connectivity index (χ3n) is 4.07. The molecule has 2 rings (SSSR count). The minimum absolute atomic E-state index is 0.0736. The standard InChI is InChI=1S/C15H20F3N/c1-9(2)10-3-5-12(6-4-10)19-15-13(17)7-11(16)8-14(15)18/h7-10,12,19H,3-6H2,1-2H3. The van der Waals surface area contributed by atoms with E-state index >= 15 is 0 Å². The van der Waals surface area contributed by atoms with Gasteiger partial charge < -0.3 is 5.32 Å². The van der Waals surface area contributed by atoms with Crippen LogP contribution in [0.5, 0.6) is 0 Å². The first-order valence-corrected chi connectivity index (χ1v) is 6.88. The van der Waals surface area contributed by atoms with Gasteiger partial charge in [0, 0.05) is 18.2 Å². The van der Waals surface area contributed by atoms with Gasteiger partial charge in [0.05, 0.1) is 0 Å². The van der Waals surface area contributed by atoms with Crippen LogP contribution in [0.25, 0.3) is 0 Å². The fourth-order valence-electron chi connectivity index (χ4n) is 2.81. The van der Waals surface area contributed by atoms with Crippen molar-refractivity contribution in [2.75, 3.05) is 5.32 Å². The molecule has 1 aromatic rings. The van der Waals surface area contributed by atoms with Crippen molar-refractivity contribution in [2.45, 2.75) is 45.6 Å². The molecule has 1 nitrogen and oxygen atoms in total. The Balaban J connectivity index is 2.00. The molecule has 1 fully saturated rings. The SMILES string of the molecule is CC(C)C1CCC(Nc2c(F)cc(F)cc2F)CC1.